The van der Waals surface area contributed by atoms with Crippen LogP contribution in [0.3, 0.4) is 0 Å². The molecule has 2 unspecified atom stereocenters. The minimum absolute atomic E-state index is 0.00345. The van der Waals surface area contributed by atoms with Crippen LogP contribution in [0, 0.1) is 0 Å². The van der Waals surface area contributed by atoms with E-state index in [1.165, 1.54) is 12.1 Å². The second kappa shape index (κ2) is 13.9. The summed E-state index contributed by atoms with van der Waals surface area (Å²) in [6.45, 7) is 8.09. The van der Waals surface area contributed by atoms with Crippen LogP contribution in [0.1, 0.15) is 65.1 Å². The molecule has 1 rings (SSSR count). The zero-order valence-electron chi connectivity index (χ0n) is 18.6. The average Bonchev–Trinajstić information content (AvgIpc) is 2.68. The molecule has 0 spiro atoms. The van der Waals surface area contributed by atoms with Crippen molar-refractivity contribution in [1.29, 1.82) is 0 Å². The molecular formula is C21H33FN2O6P+. The number of hydrogen-bond acceptors (Lipinski definition) is 6. The molecule has 0 heterocycles. The van der Waals surface area contributed by atoms with Crippen LogP contribution in [0.25, 0.3) is 0 Å². The first-order valence-electron chi connectivity index (χ1n) is 10.4. The number of para-hydroxylation sites is 1. The topological polar surface area (TPSA) is 103 Å². The maximum atomic E-state index is 14.6. The van der Waals surface area contributed by atoms with E-state index in [9.17, 15) is 18.5 Å². The van der Waals surface area contributed by atoms with E-state index in [0.717, 1.165) is 19.3 Å². The van der Waals surface area contributed by atoms with Gasteiger partial charge in [-0.05, 0) is 46.6 Å². The lowest BCUT2D eigenvalue weighted by Crippen LogP contribution is -2.33. The summed E-state index contributed by atoms with van der Waals surface area (Å²) in [6.07, 6.45) is 0.747. The number of hydrogen-bond donors (Lipinski definition) is 2. The van der Waals surface area contributed by atoms with Crippen molar-refractivity contribution in [2.75, 3.05) is 19.7 Å². The Kier molecular flexibility index (Phi) is 12.0. The number of carbonyl (C=O) groups excluding carboxylic acids is 2. The third-order valence-electron chi connectivity index (χ3n) is 3.90. The number of carbonyl (C=O) groups is 2. The number of alkyl halides is 1. The van der Waals surface area contributed by atoms with E-state index >= 15 is 0 Å². The Morgan fingerprint density at radius 3 is 2.29 bits per heavy atom. The van der Waals surface area contributed by atoms with Gasteiger partial charge in [-0.2, -0.15) is 0 Å². The van der Waals surface area contributed by atoms with E-state index in [1.807, 2.05) is 0 Å². The summed E-state index contributed by atoms with van der Waals surface area (Å²) >= 11 is 0. The van der Waals surface area contributed by atoms with Crippen LogP contribution in [-0.4, -0.2) is 37.3 Å². The Balaban J connectivity index is 2.28. The van der Waals surface area contributed by atoms with Crippen molar-refractivity contribution < 1.29 is 32.3 Å². The van der Waals surface area contributed by atoms with Crippen molar-refractivity contribution in [3.8, 4) is 5.75 Å². The van der Waals surface area contributed by atoms with Crippen molar-refractivity contribution >= 4 is 20.3 Å². The van der Waals surface area contributed by atoms with Crippen LogP contribution in [0.15, 0.2) is 24.3 Å². The molecule has 174 valence electrons. The molecular weight excluding hydrogens is 426 g/mol. The summed E-state index contributed by atoms with van der Waals surface area (Å²) in [5, 5.41) is 5.24. The first-order chi connectivity index (χ1) is 14.6. The Morgan fingerprint density at radius 1 is 1.06 bits per heavy atom. The van der Waals surface area contributed by atoms with E-state index in [-0.39, 0.29) is 17.9 Å². The quantitative estimate of drug-likeness (QED) is 0.319. The third-order valence-corrected chi connectivity index (χ3v) is 4.72. The molecule has 0 aliphatic heterocycles. The molecule has 0 aliphatic carbocycles. The van der Waals surface area contributed by atoms with Gasteiger partial charge in [0.15, 0.2) is 5.75 Å². The monoisotopic (exact) mass is 459 g/mol. The molecule has 2 amide bonds. The maximum absolute atomic E-state index is 14.6. The minimum Gasteiger partial charge on any atom is -0.444 e. The smallest absolute Gasteiger partial charge is 0.444 e. The summed E-state index contributed by atoms with van der Waals surface area (Å²) in [7, 11) is -2.43. The average molecular weight is 459 g/mol. The summed E-state index contributed by atoms with van der Waals surface area (Å²) < 4.78 is 41.3. The molecule has 0 aromatic heterocycles. The van der Waals surface area contributed by atoms with Crippen molar-refractivity contribution in [2.24, 2.45) is 0 Å². The van der Waals surface area contributed by atoms with E-state index in [0.29, 0.717) is 19.5 Å². The van der Waals surface area contributed by atoms with Gasteiger partial charge in [0.1, 0.15) is 12.2 Å². The molecule has 0 aliphatic rings. The van der Waals surface area contributed by atoms with E-state index in [4.69, 9.17) is 13.8 Å². The standard InChI is InChI=1S/C21H32FN2O6P/c1-5-28-31(27)30-17-13-9-8-12-16(17)18(22)19(25)23-14-10-6-7-11-15-24-20(26)29-21(2,3)4/h8-9,12-13,18H,5-7,10-11,14-15H2,1-4H3,(H-,23,24,25,26)/p+1. The number of alkyl carbamates (subject to hydrolysis) is 1. The number of benzene rings is 1. The number of rotatable bonds is 13. The predicted molar refractivity (Wildman–Crippen MR) is 116 cm³/mol. The van der Waals surface area contributed by atoms with E-state index < -0.39 is 32.0 Å². The molecule has 0 saturated heterocycles. The summed E-state index contributed by atoms with van der Waals surface area (Å²) in [4.78, 5) is 23.6. The van der Waals surface area contributed by atoms with Gasteiger partial charge >= 0.3 is 14.3 Å². The molecule has 0 radical (unpaired) electrons. The zero-order chi connectivity index (χ0) is 23.3. The maximum Gasteiger partial charge on any atom is 0.750 e. The molecule has 10 heteroatoms. The molecule has 8 nitrogen and oxygen atoms in total. The van der Waals surface area contributed by atoms with Crippen LogP contribution < -0.4 is 15.2 Å². The Morgan fingerprint density at radius 2 is 1.68 bits per heavy atom. The second-order valence-electron chi connectivity index (χ2n) is 7.77. The summed E-state index contributed by atoms with van der Waals surface area (Å²) in [6, 6.07) is 6.01. The van der Waals surface area contributed by atoms with Crippen molar-refractivity contribution in [2.45, 2.75) is 65.2 Å². The van der Waals surface area contributed by atoms with Crippen molar-refractivity contribution in [3.63, 3.8) is 0 Å². The first-order valence-corrected chi connectivity index (χ1v) is 11.5. The second-order valence-corrected chi connectivity index (χ2v) is 8.65. The fourth-order valence-corrected chi connectivity index (χ4v) is 3.13. The fourth-order valence-electron chi connectivity index (χ4n) is 2.54. The molecule has 2 atom stereocenters. The molecule has 1 aromatic rings. The molecule has 31 heavy (non-hydrogen) atoms. The van der Waals surface area contributed by atoms with Crippen LogP contribution in [0.5, 0.6) is 5.75 Å². The van der Waals surface area contributed by atoms with Crippen LogP contribution in [0.4, 0.5) is 9.18 Å². The summed E-state index contributed by atoms with van der Waals surface area (Å²) in [5.41, 5.74) is -0.527. The Hall–Kier alpha value is -2.25. The number of amides is 2. The van der Waals surface area contributed by atoms with Crippen molar-refractivity contribution in [1.82, 2.24) is 10.6 Å². The van der Waals surface area contributed by atoms with Crippen LogP contribution in [-0.2, 0) is 18.6 Å². The SMILES string of the molecule is CCO[P+](=O)Oc1ccccc1C(F)C(=O)NCCCCCCNC(=O)OC(C)(C)C. The van der Waals surface area contributed by atoms with Crippen molar-refractivity contribution in [3.05, 3.63) is 29.8 Å². The molecule has 2 N–H and O–H groups in total. The van der Waals surface area contributed by atoms with Crippen LogP contribution in [0.2, 0.25) is 0 Å². The number of unbranched alkanes of at least 4 members (excludes halogenated alkanes) is 3. The summed E-state index contributed by atoms with van der Waals surface area (Å²) in [5.74, 6) is -0.772. The molecule has 0 saturated carbocycles. The van der Waals surface area contributed by atoms with Gasteiger partial charge in [-0.1, -0.05) is 31.0 Å². The number of ether oxygens (including phenoxy) is 1. The highest BCUT2D eigenvalue weighted by molar-refractivity contribution is 7.33. The van der Waals surface area contributed by atoms with Gasteiger partial charge in [0.2, 0.25) is 6.17 Å². The Bertz CT molecular complexity index is 726. The van der Waals surface area contributed by atoms with Gasteiger partial charge in [-0.25, -0.2) is 13.7 Å². The Labute approximate surface area is 184 Å². The normalized spacial score (nSPS) is 12.6. The van der Waals surface area contributed by atoms with Crippen LogP contribution >= 0.6 is 8.25 Å². The predicted octanol–water partition coefficient (Wildman–Crippen LogP) is 4.97. The number of nitrogens with one attached hydrogen (secondary N) is 2. The highest BCUT2D eigenvalue weighted by atomic mass is 31.1. The highest BCUT2D eigenvalue weighted by Gasteiger charge is 2.28. The third kappa shape index (κ3) is 11.6. The van der Waals surface area contributed by atoms with Gasteiger partial charge in [0, 0.05) is 23.2 Å². The van der Waals surface area contributed by atoms with E-state index in [2.05, 4.69) is 10.6 Å². The fraction of sp³-hybridized carbons (Fsp3) is 0.619. The zero-order valence-corrected chi connectivity index (χ0v) is 19.5. The lowest BCUT2D eigenvalue weighted by molar-refractivity contribution is -0.126. The molecule has 1 aromatic carbocycles. The van der Waals surface area contributed by atoms with Gasteiger partial charge in [-0.3, -0.25) is 4.79 Å². The largest absolute Gasteiger partial charge is 0.750 e. The van der Waals surface area contributed by atoms with Gasteiger partial charge < -0.3 is 15.4 Å². The minimum atomic E-state index is -2.43. The van der Waals surface area contributed by atoms with Gasteiger partial charge in [0.25, 0.3) is 5.91 Å². The highest BCUT2D eigenvalue weighted by Crippen LogP contribution is 2.34. The first kappa shape index (κ1) is 26.8. The van der Waals surface area contributed by atoms with Gasteiger partial charge in [-0.15, -0.1) is 4.52 Å². The lowest BCUT2D eigenvalue weighted by Gasteiger charge is -2.19. The molecule has 0 bridgehead atoms. The van der Waals surface area contributed by atoms with Gasteiger partial charge in [0.05, 0.1) is 0 Å². The molecule has 0 fully saturated rings. The number of halogens is 1. The lowest BCUT2D eigenvalue weighted by atomic mass is 10.1. The van der Waals surface area contributed by atoms with E-state index in [1.54, 1.807) is 39.8 Å².